The van der Waals surface area contributed by atoms with Crippen molar-refractivity contribution in [1.82, 2.24) is 24.8 Å². The maximum absolute atomic E-state index is 14.2. The number of likely N-dealkylation sites (N-methyl/N-ethyl adjacent to an activating group) is 2. The maximum Gasteiger partial charge on any atom is 0.422 e. The van der Waals surface area contributed by atoms with Gasteiger partial charge in [0.2, 0.25) is 23.7 Å². The average Bonchev–Trinajstić information content (AvgIpc) is 3.20. The number of fused-ring (bicyclic) bond motifs is 1. The van der Waals surface area contributed by atoms with Gasteiger partial charge in [-0.3, -0.25) is 4.79 Å². The van der Waals surface area contributed by atoms with Crippen molar-refractivity contribution in [3.8, 4) is 5.88 Å². The molecule has 1 aliphatic rings. The molecule has 0 fully saturated rings. The van der Waals surface area contributed by atoms with Gasteiger partial charge in [0.1, 0.15) is 12.0 Å². The molecule has 3 aromatic rings. The summed E-state index contributed by atoms with van der Waals surface area (Å²) in [6, 6.07) is 3.54. The van der Waals surface area contributed by atoms with E-state index in [4.69, 9.17) is 4.74 Å². The number of ether oxygens (including phenoxy) is 1. The second-order valence-corrected chi connectivity index (χ2v) is 11.0. The fourth-order valence-corrected chi connectivity index (χ4v) is 4.50. The first-order valence-corrected chi connectivity index (χ1v) is 13.3. The zero-order chi connectivity index (χ0) is 32.4. The molecule has 11 nitrogen and oxygen atoms in total. The van der Waals surface area contributed by atoms with Gasteiger partial charge in [-0.1, -0.05) is 20.4 Å². The Morgan fingerprint density at radius 1 is 1.09 bits per heavy atom. The summed E-state index contributed by atoms with van der Waals surface area (Å²) in [6.45, 7) is 6.79. The molecule has 44 heavy (non-hydrogen) atoms. The summed E-state index contributed by atoms with van der Waals surface area (Å²) in [5, 5.41) is 5.42. The van der Waals surface area contributed by atoms with Crippen LogP contribution in [0.1, 0.15) is 19.4 Å². The Labute approximate surface area is 250 Å². The van der Waals surface area contributed by atoms with Crippen LogP contribution in [0.4, 0.5) is 56.7 Å². The third kappa shape index (κ3) is 7.48. The van der Waals surface area contributed by atoms with Crippen molar-refractivity contribution in [3.05, 3.63) is 54.4 Å². The molecule has 236 valence electrons. The Morgan fingerprint density at radius 3 is 2.45 bits per heavy atom. The minimum absolute atomic E-state index is 0.0753. The quantitative estimate of drug-likeness (QED) is 0.229. The number of pyridine rings is 1. The highest BCUT2D eigenvalue weighted by atomic mass is 19.4. The molecule has 1 aliphatic heterocycles. The predicted molar refractivity (Wildman–Crippen MR) is 156 cm³/mol. The molecule has 0 bridgehead atoms. The van der Waals surface area contributed by atoms with Crippen molar-refractivity contribution in [2.24, 2.45) is 0 Å². The number of nitrogens with one attached hydrogen (secondary N) is 2. The molecular weight excluding hydrogens is 589 g/mol. The highest BCUT2D eigenvalue weighted by Crippen LogP contribution is 2.44. The Kier molecular flexibility index (Phi) is 9.22. The number of alkyl halides is 3. The summed E-state index contributed by atoms with van der Waals surface area (Å²) in [4.78, 5) is 34.3. The van der Waals surface area contributed by atoms with Gasteiger partial charge < -0.3 is 30.1 Å². The molecule has 0 saturated carbocycles. The van der Waals surface area contributed by atoms with Crippen molar-refractivity contribution < 1.29 is 31.5 Å². The van der Waals surface area contributed by atoms with E-state index in [0.717, 1.165) is 24.5 Å². The minimum atomic E-state index is -4.67. The van der Waals surface area contributed by atoms with Crippen LogP contribution in [0.5, 0.6) is 5.88 Å². The molecule has 16 heteroatoms. The van der Waals surface area contributed by atoms with Crippen LogP contribution in [0.25, 0.3) is 0 Å². The number of aromatic nitrogens is 4. The molecule has 0 aliphatic carbocycles. The van der Waals surface area contributed by atoms with Gasteiger partial charge in [0.25, 0.3) is 0 Å². The van der Waals surface area contributed by atoms with E-state index in [9.17, 15) is 26.7 Å². The number of nitrogens with zero attached hydrogens (tertiary/aromatic N) is 7. The Hall–Kier alpha value is -4.60. The third-order valence-electron chi connectivity index (χ3n) is 6.69. The van der Waals surface area contributed by atoms with Crippen LogP contribution in [-0.2, 0) is 10.2 Å². The number of hydrogen-bond donors (Lipinski definition) is 2. The summed E-state index contributed by atoms with van der Waals surface area (Å²) in [7, 11) is 5.37. The van der Waals surface area contributed by atoms with E-state index in [1.165, 1.54) is 6.07 Å². The van der Waals surface area contributed by atoms with E-state index in [-0.39, 0.29) is 35.6 Å². The van der Waals surface area contributed by atoms with Gasteiger partial charge in [-0.15, -0.1) is 0 Å². The number of anilines is 6. The molecule has 2 N–H and O–H groups in total. The summed E-state index contributed by atoms with van der Waals surface area (Å²) < 4.78 is 72.9. The van der Waals surface area contributed by atoms with Gasteiger partial charge in [-0.25, -0.2) is 18.7 Å². The first-order valence-electron chi connectivity index (χ1n) is 13.3. The standard InChI is InChI=1S/C28H32F5N9O2/c1-7-22(43)36-19-12-20(24(44-14-28(31,32)33)38-23(19)41(6)9-8-40(4)5)37-25-34-15-35-26(39-25)42-13-27(2,3)16-10-17(29)18(30)11-21(16)42/h7,10-12,15H,1,8-9,13-14H2,2-6H3,(H,36,43)(H,34,35,37,39). The molecule has 0 saturated heterocycles. The Balaban J connectivity index is 1.75. The fraction of sp³-hybridized carbons (Fsp3) is 0.393. The summed E-state index contributed by atoms with van der Waals surface area (Å²) in [6.07, 6.45) is -2.48. The number of hydrogen-bond acceptors (Lipinski definition) is 10. The molecule has 3 heterocycles. The molecule has 1 amide bonds. The topological polar surface area (TPSA) is 112 Å². The van der Waals surface area contributed by atoms with Crippen LogP contribution in [0.15, 0.2) is 37.2 Å². The zero-order valence-corrected chi connectivity index (χ0v) is 24.8. The van der Waals surface area contributed by atoms with Gasteiger partial charge in [-0.05, 0) is 37.9 Å². The van der Waals surface area contributed by atoms with Crippen LogP contribution in [0.2, 0.25) is 0 Å². The number of benzene rings is 1. The van der Waals surface area contributed by atoms with Crippen LogP contribution in [0.3, 0.4) is 0 Å². The first kappa shape index (κ1) is 32.3. The predicted octanol–water partition coefficient (Wildman–Crippen LogP) is 4.78. The molecule has 4 rings (SSSR count). The van der Waals surface area contributed by atoms with E-state index in [1.807, 2.05) is 32.8 Å². The number of halogens is 5. The summed E-state index contributed by atoms with van der Waals surface area (Å²) >= 11 is 0. The van der Waals surface area contributed by atoms with Gasteiger partial charge in [0, 0.05) is 38.2 Å². The Bertz CT molecular complexity index is 1550. The van der Waals surface area contributed by atoms with Crippen LogP contribution >= 0.6 is 0 Å². The fourth-order valence-electron chi connectivity index (χ4n) is 4.50. The molecule has 0 atom stereocenters. The third-order valence-corrected chi connectivity index (χ3v) is 6.69. The molecule has 1 aromatic carbocycles. The van der Waals surface area contributed by atoms with Crippen molar-refractivity contribution in [1.29, 1.82) is 0 Å². The number of amides is 1. The van der Waals surface area contributed by atoms with E-state index in [2.05, 4.69) is 37.1 Å². The lowest BCUT2D eigenvalue weighted by Gasteiger charge is -2.25. The lowest BCUT2D eigenvalue weighted by atomic mass is 9.87. The van der Waals surface area contributed by atoms with Crippen molar-refractivity contribution in [2.75, 3.05) is 67.8 Å². The second-order valence-electron chi connectivity index (χ2n) is 11.0. The average molecular weight is 622 g/mol. The lowest BCUT2D eigenvalue weighted by molar-refractivity contribution is -0.153. The van der Waals surface area contributed by atoms with Crippen molar-refractivity contribution in [2.45, 2.75) is 25.4 Å². The molecule has 2 aromatic heterocycles. The smallest absolute Gasteiger partial charge is 0.422 e. The lowest BCUT2D eigenvalue weighted by Crippen LogP contribution is -2.30. The summed E-state index contributed by atoms with van der Waals surface area (Å²) in [5.41, 5.74) is 0.390. The number of carbonyl (C=O) groups excluding carboxylic acids is 1. The SMILES string of the molecule is C=CC(=O)Nc1cc(Nc2ncnc(N3CC(C)(C)c4cc(F)c(F)cc43)n2)c(OCC(F)(F)F)nc1N(C)CCN(C)C. The van der Waals surface area contributed by atoms with E-state index in [0.29, 0.717) is 24.3 Å². The van der Waals surface area contributed by atoms with Crippen molar-refractivity contribution in [3.63, 3.8) is 0 Å². The minimum Gasteiger partial charge on any atom is -0.466 e. The highest BCUT2D eigenvalue weighted by Gasteiger charge is 2.38. The normalized spacial score (nSPS) is 13.9. The molecule has 0 unspecified atom stereocenters. The molecular formula is C28H32F5N9O2. The summed E-state index contributed by atoms with van der Waals surface area (Å²) in [5.74, 6) is -2.93. The van der Waals surface area contributed by atoms with Crippen LogP contribution in [-0.4, -0.2) is 84.3 Å². The zero-order valence-electron chi connectivity index (χ0n) is 24.8. The van der Waals surface area contributed by atoms with Crippen LogP contribution in [0, 0.1) is 11.6 Å². The maximum atomic E-state index is 14.2. The van der Waals surface area contributed by atoms with Crippen molar-refractivity contribution >= 4 is 40.7 Å². The van der Waals surface area contributed by atoms with Gasteiger partial charge in [0.15, 0.2) is 24.1 Å². The van der Waals surface area contributed by atoms with E-state index in [1.54, 1.807) is 16.8 Å². The second kappa shape index (κ2) is 12.6. The largest absolute Gasteiger partial charge is 0.466 e. The van der Waals surface area contributed by atoms with Gasteiger partial charge >= 0.3 is 6.18 Å². The molecule has 0 spiro atoms. The molecule has 0 radical (unpaired) electrons. The van der Waals surface area contributed by atoms with Crippen LogP contribution < -0.4 is 25.2 Å². The van der Waals surface area contributed by atoms with Gasteiger partial charge in [-0.2, -0.15) is 23.1 Å². The van der Waals surface area contributed by atoms with E-state index < -0.39 is 41.6 Å². The highest BCUT2D eigenvalue weighted by molar-refractivity contribution is 6.01. The number of rotatable bonds is 11. The first-order chi connectivity index (χ1) is 20.6. The monoisotopic (exact) mass is 621 g/mol. The number of carbonyl (C=O) groups is 1. The Morgan fingerprint density at radius 2 is 1.80 bits per heavy atom. The van der Waals surface area contributed by atoms with Gasteiger partial charge in [0.05, 0.1) is 11.4 Å². The van der Waals surface area contributed by atoms with E-state index >= 15 is 0 Å².